The highest BCUT2D eigenvalue weighted by Crippen LogP contribution is 2.38. The van der Waals surface area contributed by atoms with Gasteiger partial charge in [-0.25, -0.2) is 4.98 Å². The largest absolute Gasteiger partial charge is 0.434 e. The van der Waals surface area contributed by atoms with Crippen LogP contribution in [0.1, 0.15) is 49.2 Å². The molecule has 1 fully saturated rings. The average Bonchev–Trinajstić information content (AvgIpc) is 2.95. The standard InChI is InChI=1S/C14H20F3N3OS/c15-14(16,17)10-8-22-12(20-10)7-19-11(21)6-13(9-18)4-2-1-3-5-13/h8H,1-7,9,18H2,(H,19,21). The smallest absolute Gasteiger partial charge is 0.350 e. The minimum atomic E-state index is -4.44. The molecule has 1 aliphatic carbocycles. The summed E-state index contributed by atoms with van der Waals surface area (Å²) < 4.78 is 37.3. The number of hydrogen-bond donors (Lipinski definition) is 2. The van der Waals surface area contributed by atoms with Crippen LogP contribution in [-0.2, 0) is 17.5 Å². The van der Waals surface area contributed by atoms with Crippen molar-refractivity contribution >= 4 is 17.2 Å². The van der Waals surface area contributed by atoms with Gasteiger partial charge in [0.05, 0.1) is 6.54 Å². The van der Waals surface area contributed by atoms with E-state index in [0.29, 0.717) is 13.0 Å². The van der Waals surface area contributed by atoms with Crippen molar-refractivity contribution in [2.45, 2.75) is 51.2 Å². The summed E-state index contributed by atoms with van der Waals surface area (Å²) in [4.78, 5) is 15.5. The number of rotatable bonds is 5. The van der Waals surface area contributed by atoms with Crippen LogP contribution in [0.3, 0.4) is 0 Å². The molecule has 1 heterocycles. The lowest BCUT2D eigenvalue weighted by Gasteiger charge is -2.35. The van der Waals surface area contributed by atoms with E-state index in [0.717, 1.165) is 42.4 Å². The van der Waals surface area contributed by atoms with Gasteiger partial charge < -0.3 is 11.1 Å². The fourth-order valence-corrected chi connectivity index (χ4v) is 3.59. The van der Waals surface area contributed by atoms with Crippen LogP contribution in [0.2, 0.25) is 0 Å². The van der Waals surface area contributed by atoms with E-state index in [9.17, 15) is 18.0 Å². The van der Waals surface area contributed by atoms with Crippen LogP contribution in [0.4, 0.5) is 13.2 Å². The number of carbonyl (C=O) groups excluding carboxylic acids is 1. The Bertz CT molecular complexity index is 510. The molecule has 0 saturated heterocycles. The summed E-state index contributed by atoms with van der Waals surface area (Å²) in [6.45, 7) is 0.496. The highest BCUT2D eigenvalue weighted by atomic mass is 32.1. The van der Waals surface area contributed by atoms with E-state index < -0.39 is 11.9 Å². The van der Waals surface area contributed by atoms with Crippen LogP contribution in [0, 0.1) is 5.41 Å². The molecule has 0 atom stereocenters. The van der Waals surface area contributed by atoms with E-state index in [1.54, 1.807) is 0 Å². The number of hydrogen-bond acceptors (Lipinski definition) is 4. The maximum absolute atomic E-state index is 12.4. The molecule has 1 aliphatic rings. The zero-order valence-electron chi connectivity index (χ0n) is 12.2. The summed E-state index contributed by atoms with van der Waals surface area (Å²) >= 11 is 0.899. The first-order valence-corrected chi connectivity index (χ1v) is 8.21. The van der Waals surface area contributed by atoms with E-state index in [2.05, 4.69) is 10.3 Å². The monoisotopic (exact) mass is 335 g/mol. The number of nitrogens with one attached hydrogen (secondary N) is 1. The van der Waals surface area contributed by atoms with Gasteiger partial charge in [-0.05, 0) is 24.8 Å². The van der Waals surface area contributed by atoms with Crippen molar-refractivity contribution in [1.82, 2.24) is 10.3 Å². The lowest BCUT2D eigenvalue weighted by molar-refractivity contribution is -0.140. The Morgan fingerprint density at radius 2 is 2.05 bits per heavy atom. The van der Waals surface area contributed by atoms with E-state index in [-0.39, 0.29) is 22.9 Å². The number of halogens is 3. The molecule has 0 bridgehead atoms. The lowest BCUT2D eigenvalue weighted by atomic mass is 9.72. The van der Waals surface area contributed by atoms with Crippen molar-refractivity contribution in [1.29, 1.82) is 0 Å². The minimum Gasteiger partial charge on any atom is -0.350 e. The second kappa shape index (κ2) is 6.95. The Labute approximate surface area is 131 Å². The molecule has 2 rings (SSSR count). The number of alkyl halides is 3. The molecule has 22 heavy (non-hydrogen) atoms. The summed E-state index contributed by atoms with van der Waals surface area (Å²) in [7, 11) is 0. The third-order valence-electron chi connectivity index (χ3n) is 4.16. The van der Waals surface area contributed by atoms with E-state index in [1.807, 2.05) is 0 Å². The molecule has 0 radical (unpaired) electrons. The Morgan fingerprint density at radius 3 is 2.59 bits per heavy atom. The predicted octanol–water partition coefficient (Wildman–Crippen LogP) is 3.08. The Morgan fingerprint density at radius 1 is 1.36 bits per heavy atom. The topological polar surface area (TPSA) is 68.0 Å². The predicted molar refractivity (Wildman–Crippen MR) is 78.2 cm³/mol. The number of amides is 1. The van der Waals surface area contributed by atoms with Gasteiger partial charge in [0.15, 0.2) is 5.69 Å². The van der Waals surface area contributed by atoms with Crippen LogP contribution in [0.5, 0.6) is 0 Å². The molecule has 0 aromatic carbocycles. The second-order valence-corrected chi connectivity index (χ2v) is 6.79. The highest BCUT2D eigenvalue weighted by Gasteiger charge is 2.34. The van der Waals surface area contributed by atoms with Crippen molar-refractivity contribution in [2.75, 3.05) is 6.54 Å². The van der Waals surface area contributed by atoms with E-state index >= 15 is 0 Å². The number of carbonyl (C=O) groups is 1. The first-order valence-electron chi connectivity index (χ1n) is 7.33. The van der Waals surface area contributed by atoms with Gasteiger partial charge >= 0.3 is 6.18 Å². The molecular weight excluding hydrogens is 315 g/mol. The van der Waals surface area contributed by atoms with Crippen LogP contribution < -0.4 is 11.1 Å². The third kappa shape index (κ3) is 4.42. The molecule has 1 aromatic heterocycles. The lowest BCUT2D eigenvalue weighted by Crippen LogP contribution is -2.38. The summed E-state index contributed by atoms with van der Waals surface area (Å²) in [6, 6.07) is 0. The fourth-order valence-electron chi connectivity index (χ4n) is 2.85. The maximum Gasteiger partial charge on any atom is 0.434 e. The number of aromatic nitrogens is 1. The number of nitrogens with two attached hydrogens (primary N) is 1. The van der Waals surface area contributed by atoms with Gasteiger partial charge in [0.2, 0.25) is 5.91 Å². The summed E-state index contributed by atoms with van der Waals surface area (Å²) in [6.07, 6.45) is 1.09. The number of thiazole rings is 1. The van der Waals surface area contributed by atoms with Gasteiger partial charge in [-0.1, -0.05) is 19.3 Å². The van der Waals surface area contributed by atoms with Gasteiger partial charge in [-0.15, -0.1) is 11.3 Å². The van der Waals surface area contributed by atoms with Gasteiger partial charge in [-0.3, -0.25) is 4.79 Å². The molecule has 3 N–H and O–H groups in total. The second-order valence-electron chi connectivity index (χ2n) is 5.84. The highest BCUT2D eigenvalue weighted by molar-refractivity contribution is 7.09. The molecule has 1 amide bonds. The van der Waals surface area contributed by atoms with Crippen LogP contribution in [0.25, 0.3) is 0 Å². The first kappa shape index (κ1) is 17.2. The van der Waals surface area contributed by atoms with Crippen molar-refractivity contribution in [3.8, 4) is 0 Å². The molecule has 4 nitrogen and oxygen atoms in total. The van der Waals surface area contributed by atoms with Gasteiger partial charge in [0.25, 0.3) is 0 Å². The Hall–Kier alpha value is -1.15. The summed E-state index contributed by atoms with van der Waals surface area (Å²) in [5, 5.41) is 3.87. The molecule has 1 saturated carbocycles. The summed E-state index contributed by atoms with van der Waals surface area (Å²) in [5.41, 5.74) is 4.77. The third-order valence-corrected chi connectivity index (χ3v) is 5.01. The first-order chi connectivity index (χ1) is 10.3. The Balaban J connectivity index is 1.86. The molecular formula is C14H20F3N3OS. The van der Waals surface area contributed by atoms with Gasteiger partial charge in [0.1, 0.15) is 5.01 Å². The van der Waals surface area contributed by atoms with Crippen LogP contribution >= 0.6 is 11.3 Å². The number of nitrogens with zero attached hydrogens (tertiary/aromatic N) is 1. The minimum absolute atomic E-state index is 0.0280. The normalized spacial score (nSPS) is 18.2. The van der Waals surface area contributed by atoms with E-state index in [1.165, 1.54) is 6.42 Å². The molecule has 0 unspecified atom stereocenters. The van der Waals surface area contributed by atoms with Gasteiger partial charge in [-0.2, -0.15) is 13.2 Å². The average molecular weight is 335 g/mol. The van der Waals surface area contributed by atoms with Crippen molar-refractivity contribution in [2.24, 2.45) is 11.1 Å². The van der Waals surface area contributed by atoms with Crippen LogP contribution in [0.15, 0.2) is 5.38 Å². The zero-order valence-corrected chi connectivity index (χ0v) is 13.0. The van der Waals surface area contributed by atoms with Crippen molar-refractivity contribution < 1.29 is 18.0 Å². The van der Waals surface area contributed by atoms with Gasteiger partial charge in [0, 0.05) is 11.8 Å². The fraction of sp³-hybridized carbons (Fsp3) is 0.714. The summed E-state index contributed by atoms with van der Waals surface area (Å²) in [5.74, 6) is -0.170. The van der Waals surface area contributed by atoms with Crippen molar-refractivity contribution in [3.05, 3.63) is 16.1 Å². The molecule has 8 heteroatoms. The molecule has 0 aliphatic heterocycles. The Kier molecular flexibility index (Phi) is 5.44. The SMILES string of the molecule is NCC1(CC(=O)NCc2nc(C(F)(F)F)cs2)CCCCC1. The molecule has 124 valence electrons. The quantitative estimate of drug-likeness (QED) is 0.869. The maximum atomic E-state index is 12.4. The zero-order chi connectivity index (χ0) is 16.2. The molecule has 0 spiro atoms. The van der Waals surface area contributed by atoms with Crippen LogP contribution in [-0.4, -0.2) is 17.4 Å². The van der Waals surface area contributed by atoms with Crippen molar-refractivity contribution in [3.63, 3.8) is 0 Å². The molecule has 1 aromatic rings. The van der Waals surface area contributed by atoms with E-state index in [4.69, 9.17) is 5.73 Å².